The van der Waals surface area contributed by atoms with Crippen molar-refractivity contribution < 1.29 is 9.59 Å². The molecule has 1 atom stereocenters. The van der Waals surface area contributed by atoms with Gasteiger partial charge in [-0.05, 0) is 42.0 Å². The maximum Gasteiger partial charge on any atom is 0.227 e. The molecule has 3 heterocycles. The van der Waals surface area contributed by atoms with E-state index in [1.807, 2.05) is 70.9 Å². The lowest BCUT2D eigenvalue weighted by Crippen LogP contribution is -2.44. The highest BCUT2D eigenvalue weighted by molar-refractivity contribution is 7.10. The van der Waals surface area contributed by atoms with Crippen LogP contribution < -0.4 is 5.32 Å². The second-order valence-electron chi connectivity index (χ2n) is 7.52. The van der Waals surface area contributed by atoms with E-state index < -0.39 is 0 Å². The van der Waals surface area contributed by atoms with Crippen LogP contribution in [0, 0.1) is 5.92 Å². The number of hydrogen-bond donors (Lipinski definition) is 1. The molecule has 2 aromatic heterocycles. The van der Waals surface area contributed by atoms with Crippen molar-refractivity contribution in [1.82, 2.24) is 15.2 Å². The van der Waals surface area contributed by atoms with E-state index in [4.69, 9.17) is 0 Å². The van der Waals surface area contributed by atoms with Gasteiger partial charge in [-0.2, -0.15) is 0 Å². The summed E-state index contributed by atoms with van der Waals surface area (Å²) < 4.78 is 0. The lowest BCUT2D eigenvalue weighted by Gasteiger charge is -2.32. The zero-order valence-electron chi connectivity index (χ0n) is 16.7. The van der Waals surface area contributed by atoms with Gasteiger partial charge >= 0.3 is 0 Å². The number of nitrogens with one attached hydrogen (secondary N) is 1. The van der Waals surface area contributed by atoms with Crippen LogP contribution in [0.1, 0.15) is 35.0 Å². The first-order valence-corrected chi connectivity index (χ1v) is 11.1. The monoisotopic (exact) mass is 419 g/mol. The highest BCUT2D eigenvalue weighted by atomic mass is 32.1. The molecule has 4 rings (SSSR count). The highest BCUT2D eigenvalue weighted by Gasteiger charge is 2.29. The van der Waals surface area contributed by atoms with E-state index in [-0.39, 0.29) is 23.8 Å². The minimum atomic E-state index is -0.279. The van der Waals surface area contributed by atoms with Gasteiger partial charge in [0.05, 0.1) is 18.2 Å². The molecule has 1 aromatic carbocycles. The normalized spacial score (nSPS) is 15.5. The van der Waals surface area contributed by atoms with Gasteiger partial charge in [-0.1, -0.05) is 42.5 Å². The Morgan fingerprint density at radius 3 is 2.47 bits per heavy atom. The van der Waals surface area contributed by atoms with Crippen molar-refractivity contribution in [3.05, 3.63) is 88.4 Å². The van der Waals surface area contributed by atoms with Gasteiger partial charge in [-0.15, -0.1) is 11.3 Å². The van der Waals surface area contributed by atoms with Crippen molar-refractivity contribution in [3.8, 4) is 0 Å². The summed E-state index contributed by atoms with van der Waals surface area (Å²) in [5.41, 5.74) is 1.83. The van der Waals surface area contributed by atoms with Gasteiger partial charge < -0.3 is 10.2 Å². The van der Waals surface area contributed by atoms with Crippen LogP contribution >= 0.6 is 11.3 Å². The van der Waals surface area contributed by atoms with Gasteiger partial charge in [-0.3, -0.25) is 14.6 Å². The lowest BCUT2D eigenvalue weighted by molar-refractivity contribution is -0.135. The Hall–Kier alpha value is -2.99. The van der Waals surface area contributed by atoms with Crippen LogP contribution in [0.4, 0.5) is 0 Å². The summed E-state index contributed by atoms with van der Waals surface area (Å²) in [5, 5.41) is 5.19. The second-order valence-corrected chi connectivity index (χ2v) is 8.55. The largest absolute Gasteiger partial charge is 0.343 e. The average molecular weight is 420 g/mol. The number of amides is 2. The number of carbonyl (C=O) groups excluding carboxylic acids is 2. The first kappa shape index (κ1) is 20.3. The minimum Gasteiger partial charge on any atom is -0.343 e. The third-order valence-corrected chi connectivity index (χ3v) is 6.40. The average Bonchev–Trinajstić information content (AvgIpc) is 3.31. The third kappa shape index (κ3) is 4.94. The van der Waals surface area contributed by atoms with E-state index in [1.165, 1.54) is 0 Å². The van der Waals surface area contributed by atoms with Crippen LogP contribution in [-0.4, -0.2) is 34.8 Å². The van der Waals surface area contributed by atoms with Crippen molar-refractivity contribution >= 4 is 23.2 Å². The first-order valence-electron chi connectivity index (χ1n) is 10.3. The Morgan fingerprint density at radius 1 is 1.03 bits per heavy atom. The molecule has 0 radical (unpaired) electrons. The summed E-state index contributed by atoms with van der Waals surface area (Å²) in [6, 6.07) is 19.3. The van der Waals surface area contributed by atoms with Gasteiger partial charge in [0.25, 0.3) is 0 Å². The number of carbonyl (C=O) groups is 2. The second kappa shape index (κ2) is 9.67. The zero-order chi connectivity index (χ0) is 20.8. The minimum absolute atomic E-state index is 0.0276. The molecule has 1 aliphatic rings. The molecule has 1 fully saturated rings. The Morgan fingerprint density at radius 2 is 1.80 bits per heavy atom. The number of hydrogen-bond acceptors (Lipinski definition) is 4. The molecule has 0 aliphatic carbocycles. The Balaban J connectivity index is 1.37. The molecule has 5 nitrogen and oxygen atoms in total. The van der Waals surface area contributed by atoms with Crippen LogP contribution in [0.25, 0.3) is 0 Å². The molecule has 154 valence electrons. The molecule has 30 heavy (non-hydrogen) atoms. The summed E-state index contributed by atoms with van der Waals surface area (Å²) in [6.07, 6.45) is 3.57. The van der Waals surface area contributed by atoms with E-state index in [2.05, 4.69) is 10.3 Å². The maximum absolute atomic E-state index is 13.0. The lowest BCUT2D eigenvalue weighted by atomic mass is 9.94. The number of pyridine rings is 1. The number of aromatic nitrogens is 1. The number of benzene rings is 1. The van der Waals surface area contributed by atoms with Crippen molar-refractivity contribution in [2.24, 2.45) is 5.92 Å². The standard InChI is InChI=1S/C24H25N3O2S/c28-22(17-20-9-6-16-30-20)27-14-11-19(12-15-27)24(29)26-23(18-7-2-1-3-8-18)21-10-4-5-13-25-21/h1-10,13,16,19,23H,11-12,14-15,17H2,(H,26,29). The molecule has 1 unspecified atom stereocenters. The van der Waals surface area contributed by atoms with Crippen LogP contribution in [0.2, 0.25) is 0 Å². The molecular formula is C24H25N3O2S. The third-order valence-electron chi connectivity index (χ3n) is 5.53. The fraction of sp³-hybridized carbons (Fsp3) is 0.292. The topological polar surface area (TPSA) is 62.3 Å². The van der Waals surface area contributed by atoms with Crippen molar-refractivity contribution in [2.75, 3.05) is 13.1 Å². The molecule has 0 bridgehead atoms. The predicted molar refractivity (Wildman–Crippen MR) is 118 cm³/mol. The molecular weight excluding hydrogens is 394 g/mol. The van der Waals surface area contributed by atoms with Crippen molar-refractivity contribution in [1.29, 1.82) is 0 Å². The molecule has 1 saturated heterocycles. The molecule has 6 heteroatoms. The molecule has 1 aliphatic heterocycles. The van der Waals surface area contributed by atoms with E-state index in [0.29, 0.717) is 32.4 Å². The van der Waals surface area contributed by atoms with Crippen LogP contribution in [0.3, 0.4) is 0 Å². The number of rotatable bonds is 6. The number of thiophene rings is 1. The molecule has 1 N–H and O–H groups in total. The van der Waals surface area contributed by atoms with E-state index in [9.17, 15) is 9.59 Å². The summed E-state index contributed by atoms with van der Waals surface area (Å²) in [5.74, 6) is 0.0810. The van der Waals surface area contributed by atoms with Gasteiger partial charge in [0.2, 0.25) is 11.8 Å². The molecule has 3 aromatic rings. The van der Waals surface area contributed by atoms with Gasteiger partial charge in [0.1, 0.15) is 0 Å². The molecule has 0 saturated carbocycles. The Kier molecular flexibility index (Phi) is 6.54. The first-order chi connectivity index (χ1) is 14.7. The van der Waals surface area contributed by atoms with E-state index in [1.54, 1.807) is 17.5 Å². The van der Waals surface area contributed by atoms with Crippen molar-refractivity contribution in [3.63, 3.8) is 0 Å². The maximum atomic E-state index is 13.0. The zero-order valence-corrected chi connectivity index (χ0v) is 17.6. The number of piperidine rings is 1. The highest BCUT2D eigenvalue weighted by Crippen LogP contribution is 2.24. The fourth-order valence-corrected chi connectivity index (χ4v) is 4.54. The summed E-state index contributed by atoms with van der Waals surface area (Å²) >= 11 is 1.61. The van der Waals surface area contributed by atoms with Crippen molar-refractivity contribution in [2.45, 2.75) is 25.3 Å². The summed E-state index contributed by atoms with van der Waals surface area (Å²) in [4.78, 5) is 33.0. The molecule has 0 spiro atoms. The predicted octanol–water partition coefficient (Wildman–Crippen LogP) is 3.83. The van der Waals surface area contributed by atoms with E-state index in [0.717, 1.165) is 16.1 Å². The fourth-order valence-electron chi connectivity index (χ4n) is 3.85. The summed E-state index contributed by atoms with van der Waals surface area (Å²) in [6.45, 7) is 1.25. The number of likely N-dealkylation sites (tertiary alicyclic amines) is 1. The quantitative estimate of drug-likeness (QED) is 0.661. The van der Waals surface area contributed by atoms with Crippen LogP contribution in [0.15, 0.2) is 72.2 Å². The summed E-state index contributed by atoms with van der Waals surface area (Å²) in [7, 11) is 0. The van der Waals surface area contributed by atoms with Gasteiger partial charge in [0, 0.05) is 30.1 Å². The van der Waals surface area contributed by atoms with Gasteiger partial charge in [-0.25, -0.2) is 0 Å². The Bertz CT molecular complexity index is 913. The van der Waals surface area contributed by atoms with Crippen LogP contribution in [0.5, 0.6) is 0 Å². The smallest absolute Gasteiger partial charge is 0.227 e. The van der Waals surface area contributed by atoms with Crippen LogP contribution in [-0.2, 0) is 16.0 Å². The Labute approximate surface area is 180 Å². The molecule has 2 amide bonds. The van der Waals surface area contributed by atoms with E-state index >= 15 is 0 Å². The number of nitrogens with zero attached hydrogens (tertiary/aromatic N) is 2. The SMILES string of the molecule is O=C(NC(c1ccccc1)c1ccccn1)C1CCN(C(=O)Cc2cccs2)CC1. The van der Waals surface area contributed by atoms with Gasteiger partial charge in [0.15, 0.2) is 0 Å².